The quantitative estimate of drug-likeness (QED) is 0.338. The highest BCUT2D eigenvalue weighted by atomic mass is 127. The number of hydrogen-bond donors (Lipinski definition) is 1. The Bertz CT molecular complexity index is 210. The first-order valence-electron chi connectivity index (χ1n) is 2.67. The average molecular weight is 267 g/mol. The fraction of sp³-hybridized carbons (Fsp3) is 0. The van der Waals surface area contributed by atoms with Crippen LogP contribution in [0.4, 0.5) is 0 Å². The third-order valence-electron chi connectivity index (χ3n) is 0.756. The number of phenolic OH excluding ortho intramolecular Hbond substituents is 1. The van der Waals surface area contributed by atoms with Crippen LogP contribution in [0.15, 0.2) is 30.3 Å². The molecule has 0 atom stereocenters. The van der Waals surface area contributed by atoms with E-state index in [9.17, 15) is 0 Å². The summed E-state index contributed by atoms with van der Waals surface area (Å²) in [6.07, 6.45) is 0. The van der Waals surface area contributed by atoms with Crippen molar-refractivity contribution in [1.29, 1.82) is 0 Å². The van der Waals surface area contributed by atoms with Crippen LogP contribution in [0.25, 0.3) is 0 Å². The van der Waals surface area contributed by atoms with Crippen LogP contribution in [0, 0.1) is 10.1 Å². The molecule has 0 aromatic heterocycles. The largest absolute Gasteiger partial charge is 0.508 e. The van der Waals surface area contributed by atoms with Crippen molar-refractivity contribution < 1.29 is 8.24 Å². The molecule has 4 nitrogen and oxygen atoms in total. The van der Waals surface area contributed by atoms with Gasteiger partial charge in [-0.3, -0.25) is 10.1 Å². The van der Waals surface area contributed by atoms with Crippen molar-refractivity contribution in [2.45, 2.75) is 0 Å². The van der Waals surface area contributed by atoms with Gasteiger partial charge in [-0.15, -0.1) is 0 Å². The molecule has 0 amide bonds. The van der Waals surface area contributed by atoms with E-state index in [-0.39, 0.29) is 0 Å². The molecule has 60 valence electrons. The van der Waals surface area contributed by atoms with Crippen LogP contribution in [0.5, 0.6) is 5.75 Å². The van der Waals surface area contributed by atoms with Crippen molar-refractivity contribution in [3.8, 4) is 5.75 Å². The lowest BCUT2D eigenvalue weighted by Crippen LogP contribution is -1.63. The van der Waals surface area contributed by atoms with Crippen LogP contribution in [-0.4, -0.2) is 8.24 Å². The second kappa shape index (κ2) is 5.90. The summed E-state index contributed by atoms with van der Waals surface area (Å²) in [6.45, 7) is 0. The van der Waals surface area contributed by atoms with Gasteiger partial charge in [0.15, 0.2) is 0 Å². The molecule has 0 spiro atoms. The van der Waals surface area contributed by atoms with Gasteiger partial charge in [0.1, 0.15) is 5.75 Å². The van der Waals surface area contributed by atoms with Crippen LogP contribution < -0.4 is 0 Å². The Kier molecular flexibility index (Phi) is 5.44. The third kappa shape index (κ3) is 9.15. The number of nitro groups is 1. The van der Waals surface area contributed by atoms with E-state index in [0.29, 0.717) is 5.75 Å². The minimum absolute atomic E-state index is 0.322. The van der Waals surface area contributed by atoms with E-state index in [1.165, 1.54) is 0 Å². The van der Waals surface area contributed by atoms with E-state index in [1.807, 2.05) is 6.07 Å². The van der Waals surface area contributed by atoms with Gasteiger partial charge in [0, 0.05) is 0 Å². The smallest absolute Gasteiger partial charge is 0.422 e. The van der Waals surface area contributed by atoms with Gasteiger partial charge in [-0.05, 0) is 12.1 Å². The van der Waals surface area contributed by atoms with Crippen molar-refractivity contribution in [2.24, 2.45) is 0 Å². The van der Waals surface area contributed by atoms with Gasteiger partial charge in [0.25, 0.3) is 0 Å². The molecule has 11 heavy (non-hydrogen) atoms. The first-order chi connectivity index (χ1) is 5.13. The van der Waals surface area contributed by atoms with Gasteiger partial charge in [-0.2, -0.15) is 0 Å². The summed E-state index contributed by atoms with van der Waals surface area (Å²) in [4.78, 5) is 8.79. The SMILES string of the molecule is O=[N+]([O-])I.Oc1ccccc1. The number of nitrogens with zero attached hydrogens (tertiary/aromatic N) is 1. The molecule has 1 aromatic rings. The summed E-state index contributed by atoms with van der Waals surface area (Å²) in [5, 5.41) is 17.4. The van der Waals surface area contributed by atoms with E-state index in [4.69, 9.17) is 15.2 Å². The zero-order valence-electron chi connectivity index (χ0n) is 5.48. The van der Waals surface area contributed by atoms with Crippen molar-refractivity contribution in [1.82, 2.24) is 0 Å². The molecular weight excluding hydrogens is 261 g/mol. The Morgan fingerprint density at radius 1 is 1.36 bits per heavy atom. The highest BCUT2D eigenvalue weighted by molar-refractivity contribution is 14.1. The van der Waals surface area contributed by atoms with E-state index in [1.54, 1.807) is 24.3 Å². The molecule has 5 heteroatoms. The molecule has 0 aliphatic rings. The van der Waals surface area contributed by atoms with E-state index >= 15 is 0 Å². The zero-order valence-corrected chi connectivity index (χ0v) is 7.63. The first-order valence-corrected chi connectivity index (χ1v) is 3.63. The van der Waals surface area contributed by atoms with Crippen LogP contribution in [0.3, 0.4) is 0 Å². The highest BCUT2D eigenvalue weighted by Gasteiger charge is 1.74. The molecule has 0 aliphatic heterocycles. The lowest BCUT2D eigenvalue weighted by molar-refractivity contribution is -0.227. The average Bonchev–Trinajstić information content (AvgIpc) is 1.87. The van der Waals surface area contributed by atoms with Crippen LogP contribution in [-0.2, 0) is 0 Å². The van der Waals surface area contributed by atoms with Crippen LogP contribution in [0.2, 0.25) is 0 Å². The molecule has 1 aromatic carbocycles. The maximum absolute atomic E-state index is 8.79. The zero-order chi connectivity index (χ0) is 8.69. The fourth-order valence-electron chi connectivity index (χ4n) is 0.428. The summed E-state index contributed by atoms with van der Waals surface area (Å²) >= 11 is 1.07. The predicted octanol–water partition coefficient (Wildman–Crippen LogP) is 2.01. The predicted molar refractivity (Wildman–Crippen MR) is 49.1 cm³/mol. The van der Waals surface area contributed by atoms with E-state index in [0.717, 1.165) is 22.9 Å². The molecule has 0 unspecified atom stereocenters. The molecule has 0 aliphatic carbocycles. The van der Waals surface area contributed by atoms with Crippen LogP contribution in [0.1, 0.15) is 0 Å². The summed E-state index contributed by atoms with van der Waals surface area (Å²) in [6, 6.07) is 8.71. The topological polar surface area (TPSA) is 63.4 Å². The molecule has 1 rings (SSSR count). The Hall–Kier alpha value is -0.850. The molecule has 0 saturated heterocycles. The highest BCUT2D eigenvalue weighted by Crippen LogP contribution is 2.02. The van der Waals surface area contributed by atoms with Gasteiger partial charge >= 0.3 is 22.9 Å². The first kappa shape index (κ1) is 10.2. The maximum Gasteiger partial charge on any atom is 0.422 e. The molecule has 0 bridgehead atoms. The number of rotatable bonds is 0. The Balaban J connectivity index is 0.000000218. The number of hydrogen-bond acceptors (Lipinski definition) is 3. The van der Waals surface area contributed by atoms with Crippen molar-refractivity contribution in [3.05, 3.63) is 40.4 Å². The summed E-state index contributed by atoms with van der Waals surface area (Å²) < 4.78 is -0.530. The Morgan fingerprint density at radius 3 is 1.91 bits per heavy atom. The second-order valence-corrected chi connectivity index (χ2v) is 2.34. The van der Waals surface area contributed by atoms with Gasteiger partial charge in [0.2, 0.25) is 0 Å². The summed E-state index contributed by atoms with van der Waals surface area (Å²) in [7, 11) is 0. The molecule has 0 saturated carbocycles. The standard InChI is InChI=1S/C6H6O.INO2/c7-6-4-2-1-3-5-6;1-2(3)4/h1-5,7H;. The number of aromatic hydroxyl groups is 1. The molecule has 0 fully saturated rings. The monoisotopic (exact) mass is 267 g/mol. The van der Waals surface area contributed by atoms with E-state index < -0.39 is 3.14 Å². The lowest BCUT2D eigenvalue weighted by Gasteiger charge is -1.82. The molecule has 0 radical (unpaired) electrons. The minimum Gasteiger partial charge on any atom is -0.508 e. The summed E-state index contributed by atoms with van der Waals surface area (Å²) in [5.74, 6) is 0.322. The fourth-order valence-corrected chi connectivity index (χ4v) is 0.428. The number of halogens is 1. The van der Waals surface area contributed by atoms with Gasteiger partial charge in [-0.1, -0.05) is 18.2 Å². The van der Waals surface area contributed by atoms with Gasteiger partial charge in [0.05, 0.1) is 3.14 Å². The van der Waals surface area contributed by atoms with Crippen molar-refractivity contribution in [3.63, 3.8) is 0 Å². The number of phenols is 1. The van der Waals surface area contributed by atoms with Crippen LogP contribution >= 0.6 is 22.9 Å². The second-order valence-electron chi connectivity index (χ2n) is 1.55. The third-order valence-corrected chi connectivity index (χ3v) is 0.756. The maximum atomic E-state index is 8.79. The van der Waals surface area contributed by atoms with Crippen molar-refractivity contribution >= 4 is 22.9 Å². The normalized spacial score (nSPS) is 7.73. The lowest BCUT2D eigenvalue weighted by atomic mass is 10.3. The molecule has 0 heterocycles. The molecular formula is C6H6INO3. The Morgan fingerprint density at radius 2 is 1.73 bits per heavy atom. The van der Waals surface area contributed by atoms with Crippen molar-refractivity contribution in [2.75, 3.05) is 0 Å². The van der Waals surface area contributed by atoms with Gasteiger partial charge in [-0.25, -0.2) is 0 Å². The minimum atomic E-state index is -0.530. The molecule has 1 N–H and O–H groups in total. The van der Waals surface area contributed by atoms with E-state index in [2.05, 4.69) is 0 Å². The number of para-hydroxylation sites is 1. The Labute approximate surface area is 77.5 Å². The summed E-state index contributed by atoms with van der Waals surface area (Å²) in [5.41, 5.74) is 0. The number of benzene rings is 1. The van der Waals surface area contributed by atoms with Gasteiger partial charge < -0.3 is 5.11 Å².